The molecular weight excluding hydrogens is 256 g/mol. The summed E-state index contributed by atoms with van der Waals surface area (Å²) in [5, 5.41) is 0.498. The second-order valence-electron chi connectivity index (χ2n) is 3.55. The molecule has 0 unspecified atom stereocenters. The molecule has 4 heteroatoms. The summed E-state index contributed by atoms with van der Waals surface area (Å²) < 4.78 is 5.32. The molecule has 0 atom stereocenters. The van der Waals surface area contributed by atoms with E-state index in [1.54, 1.807) is 30.0 Å². The average Bonchev–Trinajstić information content (AvgIpc) is 2.32. The van der Waals surface area contributed by atoms with Gasteiger partial charge in [-0.3, -0.25) is 4.79 Å². The number of ether oxygens (including phenoxy) is 1. The van der Waals surface area contributed by atoms with Crippen LogP contribution >= 0.6 is 23.4 Å². The van der Waals surface area contributed by atoms with Crippen LogP contribution in [-0.4, -0.2) is 23.9 Å². The zero-order valence-electron chi connectivity index (χ0n) is 10.2. The maximum Gasteiger partial charge on any atom is 0.172 e. The number of carbonyl (C=O) groups excluding carboxylic acids is 1. The minimum absolute atomic E-state index is 0.119. The second-order valence-corrected chi connectivity index (χ2v) is 5.07. The second kappa shape index (κ2) is 7.62. The molecule has 0 saturated heterocycles. The molecule has 1 rings (SSSR count). The predicted molar refractivity (Wildman–Crippen MR) is 74.6 cm³/mol. The van der Waals surface area contributed by atoms with Crippen molar-refractivity contribution in [3.8, 4) is 5.75 Å². The fourth-order valence-corrected chi connectivity index (χ4v) is 2.36. The third kappa shape index (κ3) is 4.60. The van der Waals surface area contributed by atoms with Crippen LogP contribution < -0.4 is 4.74 Å². The van der Waals surface area contributed by atoms with E-state index in [9.17, 15) is 4.79 Å². The highest BCUT2D eigenvalue weighted by atomic mass is 35.5. The summed E-state index contributed by atoms with van der Waals surface area (Å²) in [5.74, 6) is 2.27. The summed E-state index contributed by atoms with van der Waals surface area (Å²) in [6.45, 7) is 4.57. The van der Waals surface area contributed by atoms with Crippen LogP contribution in [-0.2, 0) is 0 Å². The molecule has 0 aliphatic rings. The minimum Gasteiger partial charge on any atom is -0.492 e. The quantitative estimate of drug-likeness (QED) is 0.553. The van der Waals surface area contributed by atoms with E-state index in [-0.39, 0.29) is 5.78 Å². The largest absolute Gasteiger partial charge is 0.492 e. The molecule has 0 aromatic heterocycles. The standard InChI is InChI=1S/C13H17ClO2S/c1-3-7-17-9-12(15)10-5-6-13(16-4-2)11(14)8-10/h5-6,8H,3-4,7,9H2,1-2H3. The van der Waals surface area contributed by atoms with Crippen molar-refractivity contribution in [2.45, 2.75) is 20.3 Å². The maximum absolute atomic E-state index is 11.8. The first-order valence-electron chi connectivity index (χ1n) is 5.72. The number of Topliss-reactive ketones (excluding diaryl/α,β-unsaturated/α-hetero) is 1. The lowest BCUT2D eigenvalue weighted by atomic mass is 10.1. The Morgan fingerprint density at radius 3 is 2.76 bits per heavy atom. The highest BCUT2D eigenvalue weighted by molar-refractivity contribution is 7.99. The van der Waals surface area contributed by atoms with Crippen LogP contribution in [0.3, 0.4) is 0 Å². The zero-order valence-corrected chi connectivity index (χ0v) is 11.7. The number of thioether (sulfide) groups is 1. The summed E-state index contributed by atoms with van der Waals surface area (Å²) in [6.07, 6.45) is 1.09. The van der Waals surface area contributed by atoms with Gasteiger partial charge in [-0.1, -0.05) is 18.5 Å². The number of halogens is 1. The molecule has 0 heterocycles. The molecule has 17 heavy (non-hydrogen) atoms. The Morgan fingerprint density at radius 1 is 1.41 bits per heavy atom. The molecule has 0 spiro atoms. The van der Waals surface area contributed by atoms with Crippen LogP contribution in [0.2, 0.25) is 5.02 Å². The van der Waals surface area contributed by atoms with E-state index in [0.29, 0.717) is 28.7 Å². The fourth-order valence-electron chi connectivity index (χ4n) is 1.34. The molecule has 0 fully saturated rings. The van der Waals surface area contributed by atoms with Gasteiger partial charge in [0, 0.05) is 5.56 Å². The summed E-state index contributed by atoms with van der Waals surface area (Å²) >= 11 is 7.68. The topological polar surface area (TPSA) is 26.3 Å². The van der Waals surface area contributed by atoms with Gasteiger partial charge in [0.05, 0.1) is 17.4 Å². The number of ketones is 1. The smallest absolute Gasteiger partial charge is 0.172 e. The van der Waals surface area contributed by atoms with Gasteiger partial charge in [0.2, 0.25) is 0 Å². The molecule has 1 aromatic rings. The van der Waals surface area contributed by atoms with Gasteiger partial charge in [-0.25, -0.2) is 0 Å². The highest BCUT2D eigenvalue weighted by Crippen LogP contribution is 2.26. The molecule has 94 valence electrons. The van der Waals surface area contributed by atoms with Crippen LogP contribution in [0.1, 0.15) is 30.6 Å². The third-order valence-electron chi connectivity index (χ3n) is 2.14. The van der Waals surface area contributed by atoms with Crippen molar-refractivity contribution >= 4 is 29.1 Å². The van der Waals surface area contributed by atoms with Crippen molar-refractivity contribution in [3.05, 3.63) is 28.8 Å². The third-order valence-corrected chi connectivity index (χ3v) is 3.59. The Kier molecular flexibility index (Phi) is 6.45. The van der Waals surface area contributed by atoms with E-state index in [0.717, 1.165) is 12.2 Å². The molecule has 0 saturated carbocycles. The molecule has 0 amide bonds. The van der Waals surface area contributed by atoms with Crippen LogP contribution in [0.5, 0.6) is 5.75 Å². The van der Waals surface area contributed by atoms with Gasteiger partial charge in [-0.05, 0) is 37.3 Å². The van der Waals surface area contributed by atoms with Crippen molar-refractivity contribution in [2.24, 2.45) is 0 Å². The van der Waals surface area contributed by atoms with Crippen molar-refractivity contribution in [2.75, 3.05) is 18.1 Å². The van der Waals surface area contributed by atoms with E-state index in [1.807, 2.05) is 6.92 Å². The number of hydrogen-bond donors (Lipinski definition) is 0. The van der Waals surface area contributed by atoms with E-state index in [4.69, 9.17) is 16.3 Å². The lowest BCUT2D eigenvalue weighted by molar-refractivity contribution is 0.102. The van der Waals surface area contributed by atoms with E-state index in [1.165, 1.54) is 0 Å². The van der Waals surface area contributed by atoms with Crippen LogP contribution in [0.4, 0.5) is 0 Å². The van der Waals surface area contributed by atoms with Gasteiger partial charge in [-0.2, -0.15) is 11.8 Å². The van der Waals surface area contributed by atoms with E-state index in [2.05, 4.69) is 6.92 Å². The number of carbonyl (C=O) groups is 1. The zero-order chi connectivity index (χ0) is 12.7. The first-order chi connectivity index (χ1) is 8.19. The van der Waals surface area contributed by atoms with Gasteiger partial charge in [0.1, 0.15) is 5.75 Å². The van der Waals surface area contributed by atoms with Gasteiger partial charge < -0.3 is 4.74 Å². The fraction of sp³-hybridized carbons (Fsp3) is 0.462. The number of rotatable bonds is 7. The molecular formula is C13H17ClO2S. The van der Waals surface area contributed by atoms with Gasteiger partial charge in [0.25, 0.3) is 0 Å². The van der Waals surface area contributed by atoms with Crippen LogP contribution in [0.15, 0.2) is 18.2 Å². The summed E-state index contributed by atoms with van der Waals surface area (Å²) in [4.78, 5) is 11.8. The molecule has 2 nitrogen and oxygen atoms in total. The predicted octanol–water partition coefficient (Wildman–Crippen LogP) is 4.06. The van der Waals surface area contributed by atoms with E-state index >= 15 is 0 Å². The summed E-state index contributed by atoms with van der Waals surface area (Å²) in [6, 6.07) is 5.21. The normalized spacial score (nSPS) is 10.3. The lowest BCUT2D eigenvalue weighted by Crippen LogP contribution is -2.03. The SMILES string of the molecule is CCCSCC(=O)c1ccc(OCC)c(Cl)c1. The van der Waals surface area contributed by atoms with Crippen molar-refractivity contribution in [1.82, 2.24) is 0 Å². The van der Waals surface area contributed by atoms with Crippen molar-refractivity contribution in [3.63, 3.8) is 0 Å². The van der Waals surface area contributed by atoms with Crippen LogP contribution in [0, 0.1) is 0 Å². The molecule has 1 aromatic carbocycles. The highest BCUT2D eigenvalue weighted by Gasteiger charge is 2.09. The molecule has 0 bridgehead atoms. The Hall–Kier alpha value is -0.670. The first kappa shape index (κ1) is 14.4. The number of hydrogen-bond acceptors (Lipinski definition) is 3. The monoisotopic (exact) mass is 272 g/mol. The summed E-state index contributed by atoms with van der Waals surface area (Å²) in [7, 11) is 0. The van der Waals surface area contributed by atoms with Crippen LogP contribution in [0.25, 0.3) is 0 Å². The van der Waals surface area contributed by atoms with Gasteiger partial charge in [0.15, 0.2) is 5.78 Å². The van der Waals surface area contributed by atoms with E-state index < -0.39 is 0 Å². The average molecular weight is 273 g/mol. The number of benzene rings is 1. The van der Waals surface area contributed by atoms with Crippen molar-refractivity contribution < 1.29 is 9.53 Å². The lowest BCUT2D eigenvalue weighted by Gasteiger charge is -2.07. The molecule has 0 radical (unpaired) electrons. The van der Waals surface area contributed by atoms with Crippen molar-refractivity contribution in [1.29, 1.82) is 0 Å². The maximum atomic E-state index is 11.8. The summed E-state index contributed by atoms with van der Waals surface area (Å²) in [5.41, 5.74) is 0.655. The molecule has 0 aliphatic carbocycles. The molecule has 0 aliphatic heterocycles. The Labute approximate surface area is 112 Å². The Morgan fingerprint density at radius 2 is 2.18 bits per heavy atom. The van der Waals surface area contributed by atoms with Gasteiger partial charge in [-0.15, -0.1) is 0 Å². The Bertz CT molecular complexity index is 380. The molecule has 0 N–H and O–H groups in total. The first-order valence-corrected chi connectivity index (χ1v) is 7.25. The Balaban J connectivity index is 2.65. The minimum atomic E-state index is 0.119. The van der Waals surface area contributed by atoms with Gasteiger partial charge >= 0.3 is 0 Å².